The van der Waals surface area contributed by atoms with Crippen LogP contribution >= 0.6 is 0 Å². The number of nitrogens with zero attached hydrogens (tertiary/aromatic N) is 1. The smallest absolute Gasteiger partial charge is 0.219 e. The summed E-state index contributed by atoms with van der Waals surface area (Å²) >= 11 is 0. The number of aliphatic hydroxyl groups excluding tert-OH is 1. The predicted octanol–water partition coefficient (Wildman–Crippen LogP) is 7.50. The van der Waals surface area contributed by atoms with Crippen LogP contribution in [0.25, 0.3) is 21.8 Å². The monoisotopic (exact) mass is 522 g/mol. The van der Waals surface area contributed by atoms with E-state index < -0.39 is 6.10 Å². The Kier molecular flexibility index (Phi) is 7.66. The molecule has 6 nitrogen and oxygen atoms in total. The molecule has 2 aromatic heterocycles. The van der Waals surface area contributed by atoms with Crippen molar-refractivity contribution in [2.75, 3.05) is 6.61 Å². The van der Waals surface area contributed by atoms with Crippen molar-refractivity contribution in [3.05, 3.63) is 96.2 Å². The molecule has 0 aliphatic rings. The first-order valence-electron chi connectivity index (χ1n) is 13.3. The number of fused-ring (bicyclic) bond motifs is 3. The van der Waals surface area contributed by atoms with E-state index in [1.54, 1.807) is 12.1 Å². The van der Waals surface area contributed by atoms with Gasteiger partial charge < -0.3 is 19.6 Å². The number of H-pyrrole nitrogens is 1. The zero-order valence-corrected chi connectivity index (χ0v) is 22.6. The maximum Gasteiger partial charge on any atom is 0.219 e. The minimum Gasteiger partial charge on any atom is -0.490 e. The van der Waals surface area contributed by atoms with Crippen LogP contribution in [0.15, 0.2) is 85.1 Å². The minimum atomic E-state index is -0.553. The summed E-state index contributed by atoms with van der Waals surface area (Å²) < 4.78 is 11.9. The number of Topliss-reactive ketones (excluding diaryl/α,β-unsaturated/α-hetero) is 1. The number of hydrogen-bond donors (Lipinski definition) is 2. The Morgan fingerprint density at radius 3 is 2.49 bits per heavy atom. The highest BCUT2D eigenvalue weighted by Gasteiger charge is 2.21. The van der Waals surface area contributed by atoms with Gasteiger partial charge in [-0.1, -0.05) is 50.2 Å². The van der Waals surface area contributed by atoms with Crippen LogP contribution in [0.2, 0.25) is 0 Å². The van der Waals surface area contributed by atoms with Crippen molar-refractivity contribution >= 4 is 27.6 Å². The molecular weight excluding hydrogens is 488 g/mol. The summed E-state index contributed by atoms with van der Waals surface area (Å²) in [7, 11) is 0. The molecule has 1 atom stereocenters. The number of hydrogen-bond acceptors (Lipinski definition) is 5. The molecular formula is C33H34N2O4. The maximum atomic E-state index is 11.4. The molecule has 2 N–H and O–H groups in total. The molecule has 0 fully saturated rings. The van der Waals surface area contributed by atoms with Gasteiger partial charge in [-0.15, -0.1) is 0 Å². The molecule has 5 aromatic rings. The molecule has 3 aromatic carbocycles. The largest absolute Gasteiger partial charge is 0.490 e. The van der Waals surface area contributed by atoms with Crippen LogP contribution in [-0.4, -0.2) is 33.6 Å². The summed E-state index contributed by atoms with van der Waals surface area (Å²) in [5, 5.41) is 12.9. The Bertz CT molecular complexity index is 1570. The number of para-hydroxylation sites is 1. The first-order valence-corrected chi connectivity index (χ1v) is 13.3. The summed E-state index contributed by atoms with van der Waals surface area (Å²) in [6, 6.07) is 25.5. The molecule has 0 saturated carbocycles. The Morgan fingerprint density at radius 2 is 1.74 bits per heavy atom. The topological polar surface area (TPSA) is 84.4 Å². The molecule has 0 amide bonds. The van der Waals surface area contributed by atoms with Gasteiger partial charge in [-0.2, -0.15) is 0 Å². The molecule has 39 heavy (non-hydrogen) atoms. The van der Waals surface area contributed by atoms with Crippen molar-refractivity contribution in [1.29, 1.82) is 0 Å². The lowest BCUT2D eigenvalue weighted by molar-refractivity contribution is 0.0877. The lowest BCUT2D eigenvalue weighted by Gasteiger charge is -2.26. The third-order valence-corrected chi connectivity index (χ3v) is 7.05. The zero-order chi connectivity index (χ0) is 27.4. The SMILES string of the molecule is CC(=O)c1ccc(Oc2ccc(CC(C)(C)CC[C@H](O)COc3cccc4[nH]c5ccccc5c34)cc2)nc1. The van der Waals surface area contributed by atoms with Gasteiger partial charge in [0.05, 0.1) is 11.6 Å². The number of aromatic amines is 1. The fraction of sp³-hybridized carbons (Fsp3) is 0.273. The van der Waals surface area contributed by atoms with E-state index in [0.717, 1.165) is 40.4 Å². The van der Waals surface area contributed by atoms with Gasteiger partial charge in [0.1, 0.15) is 18.1 Å². The van der Waals surface area contributed by atoms with Gasteiger partial charge in [0, 0.05) is 34.1 Å². The molecule has 0 aliphatic carbocycles. The summed E-state index contributed by atoms with van der Waals surface area (Å²) in [5.41, 5.74) is 3.87. The van der Waals surface area contributed by atoms with E-state index in [1.165, 1.54) is 18.7 Å². The van der Waals surface area contributed by atoms with Crippen molar-refractivity contribution in [3.8, 4) is 17.4 Å². The van der Waals surface area contributed by atoms with Crippen molar-refractivity contribution in [3.63, 3.8) is 0 Å². The second-order valence-electron chi connectivity index (χ2n) is 10.9. The maximum absolute atomic E-state index is 11.4. The minimum absolute atomic E-state index is 0.00425. The van der Waals surface area contributed by atoms with Crippen molar-refractivity contribution in [2.24, 2.45) is 5.41 Å². The number of aromatic nitrogens is 2. The number of pyridine rings is 1. The van der Waals surface area contributed by atoms with Gasteiger partial charge in [0.25, 0.3) is 0 Å². The summed E-state index contributed by atoms with van der Waals surface area (Å²) in [6.07, 6.45) is 3.36. The molecule has 2 heterocycles. The Balaban J connectivity index is 1.13. The quantitative estimate of drug-likeness (QED) is 0.176. The predicted molar refractivity (Wildman–Crippen MR) is 155 cm³/mol. The van der Waals surface area contributed by atoms with E-state index in [9.17, 15) is 9.90 Å². The molecule has 0 bridgehead atoms. The molecule has 6 heteroatoms. The third kappa shape index (κ3) is 6.47. The van der Waals surface area contributed by atoms with E-state index in [0.29, 0.717) is 23.6 Å². The number of ether oxygens (including phenoxy) is 2. The van der Waals surface area contributed by atoms with Gasteiger partial charge in [0.15, 0.2) is 5.78 Å². The Labute approximate surface area is 228 Å². The zero-order valence-electron chi connectivity index (χ0n) is 22.6. The van der Waals surface area contributed by atoms with Crippen LogP contribution in [0.1, 0.15) is 49.5 Å². The third-order valence-electron chi connectivity index (χ3n) is 7.05. The normalized spacial score (nSPS) is 12.5. The number of aliphatic hydroxyl groups is 1. The number of ketones is 1. The molecule has 5 rings (SSSR count). The highest BCUT2D eigenvalue weighted by atomic mass is 16.5. The summed E-state index contributed by atoms with van der Waals surface area (Å²) in [4.78, 5) is 19.0. The van der Waals surface area contributed by atoms with Crippen LogP contribution in [0.3, 0.4) is 0 Å². The van der Waals surface area contributed by atoms with Gasteiger partial charge in [0.2, 0.25) is 5.88 Å². The van der Waals surface area contributed by atoms with Gasteiger partial charge >= 0.3 is 0 Å². The first-order chi connectivity index (χ1) is 18.8. The van der Waals surface area contributed by atoms with Gasteiger partial charge in [-0.3, -0.25) is 4.79 Å². The van der Waals surface area contributed by atoms with Crippen LogP contribution in [0.5, 0.6) is 17.4 Å². The lowest BCUT2D eigenvalue weighted by atomic mass is 9.81. The van der Waals surface area contributed by atoms with E-state index >= 15 is 0 Å². The van der Waals surface area contributed by atoms with Crippen LogP contribution in [0, 0.1) is 5.41 Å². The van der Waals surface area contributed by atoms with E-state index in [4.69, 9.17) is 9.47 Å². The highest BCUT2D eigenvalue weighted by molar-refractivity contribution is 6.10. The summed E-state index contributed by atoms with van der Waals surface area (Å²) in [6.45, 7) is 6.21. The Morgan fingerprint density at radius 1 is 0.974 bits per heavy atom. The number of carbonyl (C=O) groups is 1. The molecule has 0 unspecified atom stereocenters. The average Bonchev–Trinajstić information content (AvgIpc) is 3.31. The number of benzene rings is 3. The van der Waals surface area contributed by atoms with Gasteiger partial charge in [-0.25, -0.2) is 4.98 Å². The Hall–Kier alpha value is -4.16. The van der Waals surface area contributed by atoms with E-state index in [1.807, 2.05) is 42.5 Å². The first kappa shape index (κ1) is 26.4. The second kappa shape index (κ2) is 11.3. The van der Waals surface area contributed by atoms with E-state index in [-0.39, 0.29) is 17.8 Å². The lowest BCUT2D eigenvalue weighted by Crippen LogP contribution is -2.22. The van der Waals surface area contributed by atoms with Crippen molar-refractivity contribution in [1.82, 2.24) is 9.97 Å². The van der Waals surface area contributed by atoms with Crippen LogP contribution < -0.4 is 9.47 Å². The standard InChI is InChI=1S/C33H34N2O4/c1-22(36)24-13-16-31(34-20-24)39-26-14-11-23(12-15-26)19-33(2,3)18-17-25(37)21-38-30-10-6-9-29-32(30)27-7-4-5-8-28(27)35-29/h4-16,20,25,35,37H,17-19,21H2,1-3H3/t25-/m0/s1. The van der Waals surface area contributed by atoms with Crippen molar-refractivity contribution in [2.45, 2.75) is 46.1 Å². The number of rotatable bonds is 11. The van der Waals surface area contributed by atoms with Crippen molar-refractivity contribution < 1.29 is 19.4 Å². The molecule has 0 aliphatic heterocycles. The molecule has 0 spiro atoms. The van der Waals surface area contributed by atoms with Gasteiger partial charge in [-0.05, 0) is 73.6 Å². The highest BCUT2D eigenvalue weighted by Crippen LogP contribution is 2.34. The van der Waals surface area contributed by atoms with E-state index in [2.05, 4.69) is 48.1 Å². The molecule has 0 saturated heterocycles. The fourth-order valence-electron chi connectivity index (χ4n) is 4.90. The number of nitrogens with one attached hydrogen (secondary N) is 1. The number of carbonyl (C=O) groups excluding carboxylic acids is 1. The molecule has 0 radical (unpaired) electrons. The summed E-state index contributed by atoms with van der Waals surface area (Å²) in [5.74, 6) is 1.90. The van der Waals surface area contributed by atoms with Crippen LogP contribution in [0.4, 0.5) is 0 Å². The molecule has 200 valence electrons. The average molecular weight is 523 g/mol. The van der Waals surface area contributed by atoms with Crippen LogP contribution in [-0.2, 0) is 6.42 Å². The second-order valence-corrected chi connectivity index (χ2v) is 10.9. The fourth-order valence-corrected chi connectivity index (χ4v) is 4.90.